The Bertz CT molecular complexity index is 1150. The largest absolute Gasteiger partial charge is 0.497 e. The van der Waals surface area contributed by atoms with Crippen molar-refractivity contribution >= 4 is 28.0 Å². The van der Waals surface area contributed by atoms with Gasteiger partial charge in [-0.15, -0.1) is 0 Å². The Balaban J connectivity index is 1.42. The molecule has 2 amide bonds. The number of ether oxygens (including phenoxy) is 1. The number of methoxy groups -OCH3 is 1. The van der Waals surface area contributed by atoms with E-state index in [1.807, 2.05) is 17.5 Å². The van der Waals surface area contributed by atoms with Gasteiger partial charge in [-0.3, -0.25) is 4.40 Å². The van der Waals surface area contributed by atoms with Crippen LogP contribution in [-0.2, 0) is 6.54 Å². The number of anilines is 1. The minimum atomic E-state index is -0.285. The molecular formula is C21H19FN4O2S. The molecule has 8 heteroatoms. The van der Waals surface area contributed by atoms with Crippen molar-refractivity contribution < 1.29 is 13.9 Å². The molecule has 0 radical (unpaired) electrons. The van der Waals surface area contributed by atoms with Crippen LogP contribution in [0.15, 0.2) is 54.7 Å². The second-order valence-corrected chi connectivity index (χ2v) is 7.49. The monoisotopic (exact) mass is 410 g/mol. The number of amides is 2. The molecule has 0 bridgehead atoms. The quantitative estimate of drug-likeness (QED) is 0.495. The zero-order valence-electron chi connectivity index (χ0n) is 15.9. The highest BCUT2D eigenvalue weighted by atomic mass is 32.1. The lowest BCUT2D eigenvalue weighted by Crippen LogP contribution is -2.28. The van der Waals surface area contributed by atoms with Gasteiger partial charge >= 0.3 is 6.03 Å². The molecule has 2 aromatic heterocycles. The van der Waals surface area contributed by atoms with Crippen LogP contribution in [0.1, 0.15) is 10.6 Å². The van der Waals surface area contributed by atoms with Gasteiger partial charge in [-0.05, 0) is 55.5 Å². The predicted molar refractivity (Wildman–Crippen MR) is 112 cm³/mol. The third kappa shape index (κ3) is 4.07. The number of halogens is 1. The third-order valence-electron chi connectivity index (χ3n) is 4.55. The number of hydrogen-bond donors (Lipinski definition) is 2. The second kappa shape index (κ2) is 7.92. The van der Waals surface area contributed by atoms with Crippen LogP contribution in [0, 0.1) is 12.7 Å². The summed E-state index contributed by atoms with van der Waals surface area (Å²) < 4.78 is 20.2. The molecule has 2 aromatic carbocycles. The number of carbonyl (C=O) groups is 1. The highest BCUT2D eigenvalue weighted by Gasteiger charge is 2.13. The van der Waals surface area contributed by atoms with E-state index in [0.717, 1.165) is 32.5 Å². The molecule has 4 rings (SSSR count). The lowest BCUT2D eigenvalue weighted by atomic mass is 10.2. The maximum Gasteiger partial charge on any atom is 0.319 e. The van der Waals surface area contributed by atoms with Crippen molar-refractivity contribution in [1.29, 1.82) is 0 Å². The fraction of sp³-hybridized carbons (Fsp3) is 0.143. The number of thiazole rings is 1. The van der Waals surface area contributed by atoms with Crippen molar-refractivity contribution in [3.63, 3.8) is 0 Å². The van der Waals surface area contributed by atoms with Crippen molar-refractivity contribution in [2.24, 2.45) is 0 Å². The standard InChI is InChI=1S/C21H19FN4O2S/c1-13-19(11-23-20(27)24-16-7-9-17(28-2)10-8-16)29-21-25-18(12-26(13)21)14-3-5-15(22)6-4-14/h3-10,12H,11H2,1-2H3,(H2,23,24,27). The number of benzene rings is 2. The van der Waals surface area contributed by atoms with Crippen LogP contribution in [-0.4, -0.2) is 22.5 Å². The fourth-order valence-electron chi connectivity index (χ4n) is 2.93. The first-order valence-electron chi connectivity index (χ1n) is 8.95. The van der Waals surface area contributed by atoms with Crippen molar-refractivity contribution in [3.8, 4) is 17.0 Å². The number of hydrogen-bond acceptors (Lipinski definition) is 4. The molecule has 0 saturated carbocycles. The molecule has 6 nitrogen and oxygen atoms in total. The first-order chi connectivity index (χ1) is 14.0. The summed E-state index contributed by atoms with van der Waals surface area (Å²) in [6.07, 6.45) is 1.93. The average molecular weight is 410 g/mol. The Morgan fingerprint density at radius 1 is 1.17 bits per heavy atom. The number of fused-ring (bicyclic) bond motifs is 1. The van der Waals surface area contributed by atoms with Crippen molar-refractivity contribution in [1.82, 2.24) is 14.7 Å². The van der Waals surface area contributed by atoms with E-state index < -0.39 is 0 Å². The van der Waals surface area contributed by atoms with E-state index in [2.05, 4.69) is 15.6 Å². The number of imidazole rings is 1. The minimum Gasteiger partial charge on any atom is -0.497 e. The first kappa shape index (κ1) is 18.9. The summed E-state index contributed by atoms with van der Waals surface area (Å²) in [6.45, 7) is 2.38. The Kier molecular flexibility index (Phi) is 5.18. The maximum absolute atomic E-state index is 13.1. The van der Waals surface area contributed by atoms with Gasteiger partial charge in [-0.2, -0.15) is 0 Å². The van der Waals surface area contributed by atoms with Crippen LogP contribution in [0.2, 0.25) is 0 Å². The van der Waals surface area contributed by atoms with E-state index in [1.165, 1.54) is 23.5 Å². The fourth-order valence-corrected chi connectivity index (χ4v) is 3.97. The molecule has 29 heavy (non-hydrogen) atoms. The summed E-state index contributed by atoms with van der Waals surface area (Å²) >= 11 is 1.51. The van der Waals surface area contributed by atoms with Gasteiger partial charge in [-0.25, -0.2) is 14.2 Å². The molecule has 0 saturated heterocycles. The van der Waals surface area contributed by atoms with E-state index in [0.29, 0.717) is 12.2 Å². The van der Waals surface area contributed by atoms with Crippen LogP contribution < -0.4 is 15.4 Å². The molecule has 0 aliphatic heterocycles. The van der Waals surface area contributed by atoms with E-state index in [4.69, 9.17) is 4.74 Å². The van der Waals surface area contributed by atoms with Crippen LogP contribution in [0.3, 0.4) is 0 Å². The Labute approximate surface area is 171 Å². The summed E-state index contributed by atoms with van der Waals surface area (Å²) in [5.41, 5.74) is 3.34. The molecule has 2 heterocycles. The topological polar surface area (TPSA) is 67.7 Å². The van der Waals surface area contributed by atoms with Gasteiger partial charge in [-0.1, -0.05) is 11.3 Å². The predicted octanol–water partition coefficient (Wildman–Crippen LogP) is 4.84. The molecule has 2 N–H and O–H groups in total. The van der Waals surface area contributed by atoms with Gasteiger partial charge in [0.1, 0.15) is 11.6 Å². The summed E-state index contributed by atoms with van der Waals surface area (Å²) in [5.74, 6) is 0.459. The number of nitrogens with zero attached hydrogens (tertiary/aromatic N) is 2. The summed E-state index contributed by atoms with van der Waals surface area (Å²) in [5, 5.41) is 5.66. The zero-order valence-corrected chi connectivity index (χ0v) is 16.7. The number of aromatic nitrogens is 2. The van der Waals surface area contributed by atoms with Crippen molar-refractivity contribution in [3.05, 3.63) is 71.1 Å². The summed E-state index contributed by atoms with van der Waals surface area (Å²) in [7, 11) is 1.60. The molecule has 0 atom stereocenters. The van der Waals surface area contributed by atoms with Crippen LogP contribution in [0.25, 0.3) is 16.2 Å². The van der Waals surface area contributed by atoms with Gasteiger partial charge in [0.2, 0.25) is 0 Å². The molecule has 4 aromatic rings. The molecule has 0 fully saturated rings. The Hall–Kier alpha value is -3.39. The minimum absolute atomic E-state index is 0.271. The molecule has 0 aliphatic carbocycles. The van der Waals surface area contributed by atoms with Gasteiger partial charge in [0.25, 0.3) is 0 Å². The van der Waals surface area contributed by atoms with Crippen LogP contribution >= 0.6 is 11.3 Å². The van der Waals surface area contributed by atoms with E-state index in [-0.39, 0.29) is 11.8 Å². The number of aryl methyl sites for hydroxylation is 1. The molecule has 0 spiro atoms. The smallest absolute Gasteiger partial charge is 0.319 e. The zero-order chi connectivity index (χ0) is 20.4. The highest BCUT2D eigenvalue weighted by molar-refractivity contribution is 7.17. The van der Waals surface area contributed by atoms with Crippen molar-refractivity contribution in [2.45, 2.75) is 13.5 Å². The number of nitrogens with one attached hydrogen (secondary N) is 2. The molecule has 148 valence electrons. The highest BCUT2D eigenvalue weighted by Crippen LogP contribution is 2.27. The van der Waals surface area contributed by atoms with Gasteiger partial charge in [0, 0.05) is 28.0 Å². The maximum atomic E-state index is 13.1. The van der Waals surface area contributed by atoms with E-state index in [1.54, 1.807) is 43.5 Å². The lowest BCUT2D eigenvalue weighted by Gasteiger charge is -2.08. The van der Waals surface area contributed by atoms with Crippen molar-refractivity contribution in [2.75, 3.05) is 12.4 Å². The summed E-state index contributed by atoms with van der Waals surface area (Å²) in [4.78, 5) is 18.6. The number of carbonyl (C=O) groups excluding carboxylic acids is 1. The van der Waals surface area contributed by atoms with Gasteiger partial charge in [0.15, 0.2) is 4.96 Å². The van der Waals surface area contributed by atoms with Gasteiger partial charge < -0.3 is 15.4 Å². The van der Waals surface area contributed by atoms with Crippen LogP contribution in [0.4, 0.5) is 14.9 Å². The average Bonchev–Trinajstić information content (AvgIpc) is 3.27. The Morgan fingerprint density at radius 2 is 1.90 bits per heavy atom. The molecule has 0 unspecified atom stereocenters. The molecular weight excluding hydrogens is 391 g/mol. The number of rotatable bonds is 5. The summed E-state index contributed by atoms with van der Waals surface area (Å²) in [6, 6.07) is 13.1. The number of urea groups is 1. The second-order valence-electron chi connectivity index (χ2n) is 6.43. The van der Waals surface area contributed by atoms with Gasteiger partial charge in [0.05, 0.1) is 19.3 Å². The molecule has 0 aliphatic rings. The first-order valence-corrected chi connectivity index (χ1v) is 9.77. The van der Waals surface area contributed by atoms with E-state index >= 15 is 0 Å². The van der Waals surface area contributed by atoms with E-state index in [9.17, 15) is 9.18 Å². The lowest BCUT2D eigenvalue weighted by molar-refractivity contribution is 0.252. The SMILES string of the molecule is COc1ccc(NC(=O)NCc2sc3nc(-c4ccc(F)cc4)cn3c2C)cc1. The van der Waals surface area contributed by atoms with Crippen LogP contribution in [0.5, 0.6) is 5.75 Å². The Morgan fingerprint density at radius 3 is 2.55 bits per heavy atom. The third-order valence-corrected chi connectivity index (χ3v) is 5.71. The normalized spacial score (nSPS) is 10.9.